The van der Waals surface area contributed by atoms with E-state index in [4.69, 9.17) is 4.74 Å². The molecule has 0 fully saturated rings. The molecule has 3 nitrogen and oxygen atoms in total. The van der Waals surface area contributed by atoms with Crippen LogP contribution >= 0.6 is 0 Å². The van der Waals surface area contributed by atoms with Crippen LogP contribution in [0.5, 0.6) is 5.75 Å². The first-order chi connectivity index (χ1) is 8.85. The first-order valence-electron chi connectivity index (χ1n) is 6.31. The minimum absolute atomic E-state index is 0.845. The summed E-state index contributed by atoms with van der Waals surface area (Å²) in [5.41, 5.74) is 2.50. The number of ether oxygens (including phenoxy) is 1. The molecule has 1 aromatic heterocycles. The fraction of sp³-hybridized carbons (Fsp3) is 0.333. The molecule has 0 saturated carbocycles. The van der Waals surface area contributed by atoms with Gasteiger partial charge in [0.1, 0.15) is 5.75 Å². The van der Waals surface area contributed by atoms with E-state index in [1.54, 1.807) is 7.11 Å². The molecule has 0 spiro atoms. The topological polar surface area (TPSA) is 26.2 Å². The van der Waals surface area contributed by atoms with E-state index in [-0.39, 0.29) is 0 Å². The van der Waals surface area contributed by atoms with E-state index in [2.05, 4.69) is 41.2 Å². The highest BCUT2D eigenvalue weighted by Gasteiger charge is 2.05. The second kappa shape index (κ2) is 6.26. The average Bonchev–Trinajstić information content (AvgIpc) is 2.84. The predicted octanol–water partition coefficient (Wildman–Crippen LogP) is 2.65. The van der Waals surface area contributed by atoms with Crippen LogP contribution in [0.4, 0.5) is 0 Å². The fourth-order valence-electron chi connectivity index (χ4n) is 2.03. The van der Waals surface area contributed by atoms with Crippen molar-refractivity contribution in [2.45, 2.75) is 20.0 Å². The van der Waals surface area contributed by atoms with E-state index in [9.17, 15) is 0 Å². The van der Waals surface area contributed by atoms with Gasteiger partial charge in [-0.1, -0.05) is 25.1 Å². The van der Waals surface area contributed by atoms with Gasteiger partial charge in [0.05, 0.1) is 13.7 Å². The van der Waals surface area contributed by atoms with Crippen molar-refractivity contribution in [2.24, 2.45) is 0 Å². The summed E-state index contributed by atoms with van der Waals surface area (Å²) in [4.78, 5) is 0. The third kappa shape index (κ3) is 2.93. The lowest BCUT2D eigenvalue weighted by Crippen LogP contribution is -2.15. The smallest absolute Gasteiger partial charge is 0.123 e. The summed E-state index contributed by atoms with van der Waals surface area (Å²) in [6.07, 6.45) is 2.11. The third-order valence-corrected chi connectivity index (χ3v) is 3.01. The molecular weight excluding hydrogens is 224 g/mol. The van der Waals surface area contributed by atoms with Gasteiger partial charge in [-0.25, -0.2) is 0 Å². The van der Waals surface area contributed by atoms with Crippen molar-refractivity contribution >= 4 is 0 Å². The van der Waals surface area contributed by atoms with Crippen molar-refractivity contribution in [3.05, 3.63) is 53.9 Å². The van der Waals surface area contributed by atoms with Gasteiger partial charge in [0, 0.05) is 24.0 Å². The van der Waals surface area contributed by atoms with Crippen molar-refractivity contribution in [3.8, 4) is 5.75 Å². The summed E-state index contributed by atoms with van der Waals surface area (Å²) < 4.78 is 7.64. The molecule has 18 heavy (non-hydrogen) atoms. The molecule has 96 valence electrons. The Balaban J connectivity index is 2.15. The van der Waals surface area contributed by atoms with Gasteiger partial charge in [0.15, 0.2) is 0 Å². The molecule has 2 aromatic rings. The Morgan fingerprint density at radius 2 is 2.00 bits per heavy atom. The number of nitrogens with one attached hydrogen (secondary N) is 1. The van der Waals surface area contributed by atoms with Crippen LogP contribution < -0.4 is 10.1 Å². The Morgan fingerprint density at radius 3 is 2.78 bits per heavy atom. The molecule has 0 unspecified atom stereocenters. The highest BCUT2D eigenvalue weighted by molar-refractivity contribution is 5.33. The maximum absolute atomic E-state index is 5.39. The van der Waals surface area contributed by atoms with E-state index < -0.39 is 0 Å². The quantitative estimate of drug-likeness (QED) is 0.845. The largest absolute Gasteiger partial charge is 0.496 e. The number of rotatable bonds is 6. The predicted molar refractivity (Wildman–Crippen MR) is 73.9 cm³/mol. The van der Waals surface area contributed by atoms with Gasteiger partial charge in [0.25, 0.3) is 0 Å². The molecule has 0 aliphatic rings. The summed E-state index contributed by atoms with van der Waals surface area (Å²) in [6, 6.07) is 12.4. The normalized spacial score (nSPS) is 10.6. The lowest BCUT2D eigenvalue weighted by atomic mass is 10.2. The van der Waals surface area contributed by atoms with E-state index >= 15 is 0 Å². The van der Waals surface area contributed by atoms with Crippen LogP contribution in [0.3, 0.4) is 0 Å². The van der Waals surface area contributed by atoms with Gasteiger partial charge in [-0.15, -0.1) is 0 Å². The van der Waals surface area contributed by atoms with Crippen molar-refractivity contribution in [1.29, 1.82) is 0 Å². The van der Waals surface area contributed by atoms with Crippen LogP contribution in [-0.2, 0) is 13.1 Å². The Morgan fingerprint density at radius 1 is 1.17 bits per heavy atom. The zero-order chi connectivity index (χ0) is 12.8. The lowest BCUT2D eigenvalue weighted by Gasteiger charge is -2.12. The van der Waals surface area contributed by atoms with Crippen LogP contribution in [0.2, 0.25) is 0 Å². The van der Waals surface area contributed by atoms with Crippen molar-refractivity contribution in [3.63, 3.8) is 0 Å². The summed E-state index contributed by atoms with van der Waals surface area (Å²) in [5, 5.41) is 3.35. The van der Waals surface area contributed by atoms with Gasteiger partial charge in [-0.05, 0) is 24.7 Å². The molecule has 1 heterocycles. The number of nitrogens with zero attached hydrogens (tertiary/aromatic N) is 1. The van der Waals surface area contributed by atoms with E-state index in [1.807, 2.05) is 18.2 Å². The van der Waals surface area contributed by atoms with Gasteiger partial charge in [-0.3, -0.25) is 0 Å². The minimum Gasteiger partial charge on any atom is -0.496 e. The lowest BCUT2D eigenvalue weighted by molar-refractivity contribution is 0.408. The fourth-order valence-corrected chi connectivity index (χ4v) is 2.03. The highest BCUT2D eigenvalue weighted by Crippen LogP contribution is 2.19. The molecule has 0 amide bonds. The molecule has 0 aliphatic carbocycles. The van der Waals surface area contributed by atoms with Crippen LogP contribution in [0.25, 0.3) is 0 Å². The summed E-state index contributed by atoms with van der Waals surface area (Å²) in [7, 11) is 1.72. The zero-order valence-corrected chi connectivity index (χ0v) is 11.0. The third-order valence-electron chi connectivity index (χ3n) is 3.01. The molecule has 0 atom stereocenters. The van der Waals surface area contributed by atoms with Gasteiger partial charge in [-0.2, -0.15) is 0 Å². The highest BCUT2D eigenvalue weighted by atomic mass is 16.5. The van der Waals surface area contributed by atoms with Crippen molar-refractivity contribution in [1.82, 2.24) is 9.88 Å². The second-order valence-electron chi connectivity index (χ2n) is 4.22. The van der Waals surface area contributed by atoms with E-state index in [1.165, 1.54) is 11.3 Å². The second-order valence-corrected chi connectivity index (χ2v) is 4.22. The van der Waals surface area contributed by atoms with Crippen LogP contribution in [0, 0.1) is 0 Å². The van der Waals surface area contributed by atoms with Crippen LogP contribution in [-0.4, -0.2) is 18.2 Å². The molecular formula is C15H20N2O. The molecule has 0 radical (unpaired) electrons. The Bertz CT molecular complexity index is 491. The summed E-state index contributed by atoms with van der Waals surface area (Å²) >= 11 is 0. The SMILES string of the molecule is CCNCc1cccn1Cc1ccccc1OC. The van der Waals surface area contributed by atoms with Crippen LogP contribution in [0.15, 0.2) is 42.6 Å². The number of hydrogen-bond donors (Lipinski definition) is 1. The first kappa shape index (κ1) is 12.7. The maximum Gasteiger partial charge on any atom is 0.123 e. The van der Waals surface area contributed by atoms with Gasteiger partial charge < -0.3 is 14.6 Å². The number of methoxy groups -OCH3 is 1. The molecule has 0 aliphatic heterocycles. The van der Waals surface area contributed by atoms with E-state index in [0.29, 0.717) is 0 Å². The summed E-state index contributed by atoms with van der Waals surface area (Å²) in [5.74, 6) is 0.945. The summed E-state index contributed by atoms with van der Waals surface area (Å²) in [6.45, 7) is 4.85. The Kier molecular flexibility index (Phi) is 4.42. The number of benzene rings is 1. The minimum atomic E-state index is 0.845. The molecule has 0 saturated heterocycles. The number of para-hydroxylation sites is 1. The molecule has 3 heteroatoms. The average molecular weight is 244 g/mol. The van der Waals surface area contributed by atoms with Crippen molar-refractivity contribution in [2.75, 3.05) is 13.7 Å². The van der Waals surface area contributed by atoms with E-state index in [0.717, 1.165) is 25.4 Å². The first-order valence-corrected chi connectivity index (χ1v) is 6.31. The molecule has 0 bridgehead atoms. The Labute approximate surface area is 108 Å². The zero-order valence-electron chi connectivity index (χ0n) is 11.0. The molecule has 1 N–H and O–H groups in total. The van der Waals surface area contributed by atoms with Crippen LogP contribution in [0.1, 0.15) is 18.2 Å². The maximum atomic E-state index is 5.39. The molecule has 2 rings (SSSR count). The van der Waals surface area contributed by atoms with Gasteiger partial charge in [0.2, 0.25) is 0 Å². The molecule has 1 aromatic carbocycles. The number of hydrogen-bond acceptors (Lipinski definition) is 2. The van der Waals surface area contributed by atoms with Crippen molar-refractivity contribution < 1.29 is 4.74 Å². The van der Waals surface area contributed by atoms with Gasteiger partial charge >= 0.3 is 0 Å². The number of aromatic nitrogens is 1. The monoisotopic (exact) mass is 244 g/mol. The Hall–Kier alpha value is -1.74. The standard InChI is InChI=1S/C15H20N2O/c1-3-16-11-14-8-6-10-17(14)12-13-7-4-5-9-15(13)18-2/h4-10,16H,3,11-12H2,1-2H3.